The van der Waals surface area contributed by atoms with Crippen molar-refractivity contribution in [3.05, 3.63) is 35.1 Å². The summed E-state index contributed by atoms with van der Waals surface area (Å²) in [5, 5.41) is 6.90. The number of halogens is 1. The first-order valence-electron chi connectivity index (χ1n) is 7.57. The Morgan fingerprint density at radius 2 is 2.39 bits per heavy atom. The van der Waals surface area contributed by atoms with E-state index in [1.54, 1.807) is 25.5 Å². The molecule has 1 fully saturated rings. The van der Waals surface area contributed by atoms with E-state index in [0.29, 0.717) is 29.6 Å². The molecule has 1 aliphatic rings. The van der Waals surface area contributed by atoms with Gasteiger partial charge < -0.3 is 14.7 Å². The van der Waals surface area contributed by atoms with Crippen LogP contribution in [0.1, 0.15) is 36.8 Å². The Balaban J connectivity index is 1.66. The summed E-state index contributed by atoms with van der Waals surface area (Å²) in [6.07, 6.45) is 6.12. The largest absolute Gasteiger partial charge is 0.372 e. The van der Waals surface area contributed by atoms with E-state index in [4.69, 9.17) is 16.1 Å². The molecule has 0 aromatic carbocycles. The lowest BCUT2D eigenvalue weighted by atomic mass is 10.1. The predicted molar refractivity (Wildman–Crippen MR) is 85.1 cm³/mol. The van der Waals surface area contributed by atoms with Crippen molar-refractivity contribution < 1.29 is 9.32 Å². The number of likely N-dealkylation sites (tertiary alicyclic amines) is 1. The maximum atomic E-state index is 12.5. The van der Waals surface area contributed by atoms with Crippen molar-refractivity contribution in [3.8, 4) is 0 Å². The minimum absolute atomic E-state index is 0.0124. The Morgan fingerprint density at radius 1 is 1.52 bits per heavy atom. The van der Waals surface area contributed by atoms with Gasteiger partial charge in [-0.25, -0.2) is 4.98 Å². The Hall–Kier alpha value is -2.15. The lowest BCUT2D eigenvalue weighted by Gasteiger charge is -2.24. The minimum atomic E-state index is -0.0124. The molecule has 1 unspecified atom stereocenters. The van der Waals surface area contributed by atoms with E-state index in [9.17, 15) is 4.79 Å². The fraction of sp³-hybridized carbons (Fsp3) is 0.467. The summed E-state index contributed by atoms with van der Waals surface area (Å²) in [6.45, 7) is 0.742. The smallest absolute Gasteiger partial charge is 0.223 e. The van der Waals surface area contributed by atoms with Crippen LogP contribution in [0.5, 0.6) is 0 Å². The number of nitrogens with zero attached hydrogens (tertiary/aromatic N) is 4. The molecule has 0 saturated carbocycles. The third-order valence-corrected chi connectivity index (χ3v) is 4.12. The second-order valence-electron chi connectivity index (χ2n) is 5.44. The van der Waals surface area contributed by atoms with Gasteiger partial charge in [0.1, 0.15) is 11.6 Å². The first kappa shape index (κ1) is 15.7. The molecule has 3 heterocycles. The monoisotopic (exact) mass is 335 g/mol. The number of anilines is 1. The molecule has 0 spiro atoms. The van der Waals surface area contributed by atoms with Gasteiger partial charge in [0.15, 0.2) is 5.15 Å². The Labute approximate surface area is 139 Å². The molecule has 1 saturated heterocycles. The van der Waals surface area contributed by atoms with Crippen LogP contribution in [0.25, 0.3) is 0 Å². The van der Waals surface area contributed by atoms with Crippen molar-refractivity contribution >= 4 is 23.3 Å². The molecular formula is C15H18ClN5O2. The summed E-state index contributed by atoms with van der Waals surface area (Å²) in [5.41, 5.74) is 0.824. The number of hydrogen-bond acceptors (Lipinski definition) is 6. The highest BCUT2D eigenvalue weighted by Crippen LogP contribution is 2.31. The average Bonchev–Trinajstić information content (AvgIpc) is 3.21. The van der Waals surface area contributed by atoms with E-state index < -0.39 is 0 Å². The van der Waals surface area contributed by atoms with E-state index in [2.05, 4.69) is 20.4 Å². The molecule has 0 aliphatic carbocycles. The van der Waals surface area contributed by atoms with Gasteiger partial charge in [-0.05, 0) is 12.8 Å². The van der Waals surface area contributed by atoms with Gasteiger partial charge in [0.2, 0.25) is 5.91 Å². The van der Waals surface area contributed by atoms with E-state index in [-0.39, 0.29) is 11.9 Å². The Morgan fingerprint density at radius 3 is 3.13 bits per heavy atom. The number of aromatic nitrogens is 3. The summed E-state index contributed by atoms with van der Waals surface area (Å²) in [5.74, 6) is 1.41. The van der Waals surface area contributed by atoms with E-state index in [1.165, 1.54) is 0 Å². The Bertz CT molecular complexity index is 690. The van der Waals surface area contributed by atoms with Crippen molar-refractivity contribution in [3.63, 3.8) is 0 Å². The summed E-state index contributed by atoms with van der Waals surface area (Å²) in [4.78, 5) is 23.1. The second-order valence-corrected chi connectivity index (χ2v) is 5.83. The minimum Gasteiger partial charge on any atom is -0.372 e. The SMILES string of the molecule is CNc1cncc(C2CCCN2C(=O)CCc2cc(Cl)no2)n1. The predicted octanol–water partition coefficient (Wildman–Crippen LogP) is 2.46. The molecule has 0 bridgehead atoms. The van der Waals surface area contributed by atoms with Crippen LogP contribution in [-0.2, 0) is 11.2 Å². The maximum absolute atomic E-state index is 12.5. The third-order valence-electron chi connectivity index (χ3n) is 3.94. The van der Waals surface area contributed by atoms with Gasteiger partial charge in [0.25, 0.3) is 0 Å². The first-order chi connectivity index (χ1) is 11.2. The number of amides is 1. The number of rotatable bonds is 5. The summed E-state index contributed by atoms with van der Waals surface area (Å²) < 4.78 is 5.04. The highest BCUT2D eigenvalue weighted by molar-refractivity contribution is 6.29. The molecule has 3 rings (SSSR count). The number of carbonyl (C=O) groups is 1. The summed E-state index contributed by atoms with van der Waals surface area (Å²) in [6, 6.07) is 1.62. The molecule has 7 nitrogen and oxygen atoms in total. The highest BCUT2D eigenvalue weighted by atomic mass is 35.5. The van der Waals surface area contributed by atoms with Crippen LogP contribution in [0, 0.1) is 0 Å². The van der Waals surface area contributed by atoms with Crippen LogP contribution in [0.2, 0.25) is 5.15 Å². The number of carbonyl (C=O) groups excluding carboxylic acids is 1. The number of nitrogens with one attached hydrogen (secondary N) is 1. The third kappa shape index (κ3) is 3.61. The number of hydrogen-bond donors (Lipinski definition) is 1. The summed E-state index contributed by atoms with van der Waals surface area (Å²) >= 11 is 5.71. The van der Waals surface area contributed by atoms with Gasteiger partial charge in [-0.15, -0.1) is 0 Å². The van der Waals surface area contributed by atoms with Crippen molar-refractivity contribution in [2.75, 3.05) is 18.9 Å². The van der Waals surface area contributed by atoms with Crippen molar-refractivity contribution in [2.45, 2.75) is 31.7 Å². The molecule has 2 aromatic heterocycles. The van der Waals surface area contributed by atoms with E-state index in [1.807, 2.05) is 4.90 Å². The zero-order chi connectivity index (χ0) is 16.2. The highest BCUT2D eigenvalue weighted by Gasteiger charge is 2.31. The van der Waals surface area contributed by atoms with Gasteiger partial charge in [0, 0.05) is 32.5 Å². The topological polar surface area (TPSA) is 84.2 Å². The van der Waals surface area contributed by atoms with Crippen LogP contribution < -0.4 is 5.32 Å². The lowest BCUT2D eigenvalue weighted by Crippen LogP contribution is -2.31. The molecule has 1 N–H and O–H groups in total. The van der Waals surface area contributed by atoms with Crippen molar-refractivity contribution in [1.82, 2.24) is 20.0 Å². The van der Waals surface area contributed by atoms with Gasteiger partial charge in [0.05, 0.1) is 24.1 Å². The molecule has 0 radical (unpaired) electrons. The van der Waals surface area contributed by atoms with E-state index >= 15 is 0 Å². The molecule has 1 atom stereocenters. The lowest BCUT2D eigenvalue weighted by molar-refractivity contribution is -0.132. The fourth-order valence-corrected chi connectivity index (χ4v) is 2.97. The molecule has 8 heteroatoms. The first-order valence-corrected chi connectivity index (χ1v) is 7.95. The molecule has 122 valence electrons. The van der Waals surface area contributed by atoms with Crippen LogP contribution in [-0.4, -0.2) is 39.5 Å². The van der Waals surface area contributed by atoms with Crippen LogP contribution in [0.4, 0.5) is 5.82 Å². The van der Waals surface area contributed by atoms with E-state index in [0.717, 1.165) is 25.1 Å². The zero-order valence-corrected chi connectivity index (χ0v) is 13.6. The zero-order valence-electron chi connectivity index (χ0n) is 12.8. The normalized spacial score (nSPS) is 17.5. The van der Waals surface area contributed by atoms with Crippen LogP contribution in [0.3, 0.4) is 0 Å². The van der Waals surface area contributed by atoms with Crippen molar-refractivity contribution in [1.29, 1.82) is 0 Å². The van der Waals surface area contributed by atoms with Gasteiger partial charge in [-0.1, -0.05) is 16.8 Å². The van der Waals surface area contributed by atoms with Gasteiger partial charge >= 0.3 is 0 Å². The van der Waals surface area contributed by atoms with Crippen LogP contribution in [0.15, 0.2) is 23.0 Å². The molecule has 1 amide bonds. The average molecular weight is 336 g/mol. The Kier molecular flexibility index (Phi) is 4.76. The number of aryl methyl sites for hydroxylation is 1. The van der Waals surface area contributed by atoms with Gasteiger partial charge in [-0.3, -0.25) is 9.78 Å². The molecule has 2 aromatic rings. The second kappa shape index (κ2) is 6.95. The van der Waals surface area contributed by atoms with Gasteiger partial charge in [-0.2, -0.15) is 0 Å². The molecule has 23 heavy (non-hydrogen) atoms. The molecule has 1 aliphatic heterocycles. The molecular weight excluding hydrogens is 318 g/mol. The standard InChI is InChI=1S/C15H18ClN5O2/c1-17-14-9-18-8-11(19-14)12-3-2-6-21(12)15(22)5-4-10-7-13(16)20-23-10/h7-9,12H,2-6H2,1H3,(H,17,19). The quantitative estimate of drug-likeness (QED) is 0.903. The van der Waals surface area contributed by atoms with Crippen molar-refractivity contribution in [2.24, 2.45) is 0 Å². The summed E-state index contributed by atoms with van der Waals surface area (Å²) in [7, 11) is 1.80. The maximum Gasteiger partial charge on any atom is 0.223 e. The van der Waals surface area contributed by atoms with Crippen LogP contribution >= 0.6 is 11.6 Å². The fourth-order valence-electron chi connectivity index (χ4n) is 2.81.